The van der Waals surface area contributed by atoms with Crippen molar-refractivity contribution in [3.63, 3.8) is 0 Å². The van der Waals surface area contributed by atoms with Crippen LogP contribution in [0.5, 0.6) is 0 Å². The molecule has 1 aromatic heterocycles. The van der Waals surface area contributed by atoms with Crippen molar-refractivity contribution in [1.29, 1.82) is 0 Å². The summed E-state index contributed by atoms with van der Waals surface area (Å²) in [6, 6.07) is 8.73. The zero-order chi connectivity index (χ0) is 16.1. The molecule has 22 heavy (non-hydrogen) atoms. The topological polar surface area (TPSA) is 68.3 Å². The minimum absolute atomic E-state index is 0.173. The highest BCUT2D eigenvalue weighted by Gasteiger charge is 2.09. The molecule has 2 aromatic rings. The number of nitrogens with zero attached hydrogens (tertiary/aromatic N) is 1. The van der Waals surface area contributed by atoms with E-state index in [-0.39, 0.29) is 12.5 Å². The number of hydrogen-bond acceptors (Lipinski definition) is 4. The average Bonchev–Trinajstić information content (AvgIpc) is 2.54. The van der Waals surface area contributed by atoms with Gasteiger partial charge in [0.2, 0.25) is 0 Å². The van der Waals surface area contributed by atoms with E-state index < -0.39 is 5.97 Å². The van der Waals surface area contributed by atoms with Gasteiger partial charge in [-0.25, -0.2) is 4.79 Å². The number of carbonyl (C=O) groups excluding carboxylic acids is 2. The molecule has 0 radical (unpaired) electrons. The van der Waals surface area contributed by atoms with Crippen molar-refractivity contribution in [3.05, 3.63) is 64.5 Å². The first-order valence-corrected chi connectivity index (χ1v) is 6.90. The molecule has 0 aliphatic heterocycles. The Bertz CT molecular complexity index is 711. The van der Waals surface area contributed by atoms with Crippen molar-refractivity contribution >= 4 is 11.9 Å². The Balaban J connectivity index is 2.04. The van der Waals surface area contributed by atoms with Gasteiger partial charge in [-0.05, 0) is 49.2 Å². The zero-order valence-corrected chi connectivity index (χ0v) is 12.8. The zero-order valence-electron chi connectivity index (χ0n) is 12.8. The predicted octanol–water partition coefficient (Wildman–Crippen LogP) is 2.42. The molecule has 5 nitrogen and oxygen atoms in total. The predicted molar refractivity (Wildman–Crippen MR) is 82.7 cm³/mol. The lowest BCUT2D eigenvalue weighted by molar-refractivity contribution is 0.0600. The van der Waals surface area contributed by atoms with E-state index in [1.807, 2.05) is 26.0 Å². The van der Waals surface area contributed by atoms with Gasteiger partial charge in [-0.3, -0.25) is 9.78 Å². The molecule has 0 aliphatic carbocycles. The largest absolute Gasteiger partial charge is 0.465 e. The molecule has 1 aromatic carbocycles. The monoisotopic (exact) mass is 298 g/mol. The first-order valence-electron chi connectivity index (χ1n) is 6.90. The second kappa shape index (κ2) is 6.85. The van der Waals surface area contributed by atoms with Crippen LogP contribution in [0, 0.1) is 13.8 Å². The number of pyridine rings is 1. The third-order valence-electron chi connectivity index (χ3n) is 3.44. The van der Waals surface area contributed by atoms with Crippen molar-refractivity contribution in [2.45, 2.75) is 20.4 Å². The molecule has 114 valence electrons. The highest BCUT2D eigenvalue weighted by Crippen LogP contribution is 2.10. The van der Waals surface area contributed by atoms with Crippen LogP contribution in [0.1, 0.15) is 37.5 Å². The highest BCUT2D eigenvalue weighted by molar-refractivity contribution is 5.94. The van der Waals surface area contributed by atoms with E-state index in [9.17, 15) is 9.59 Å². The van der Waals surface area contributed by atoms with E-state index in [0.717, 1.165) is 11.1 Å². The molecule has 0 bridgehead atoms. The second-order valence-corrected chi connectivity index (χ2v) is 5.01. The number of aromatic nitrogens is 1. The first kappa shape index (κ1) is 15.7. The smallest absolute Gasteiger partial charge is 0.337 e. The first-order chi connectivity index (χ1) is 10.5. The molecular formula is C17H18N2O3. The van der Waals surface area contributed by atoms with Crippen molar-refractivity contribution in [3.8, 4) is 0 Å². The number of hydrogen-bond donors (Lipinski definition) is 1. The molecule has 0 saturated heterocycles. The maximum Gasteiger partial charge on any atom is 0.337 e. The number of rotatable bonds is 4. The molecule has 1 heterocycles. The van der Waals surface area contributed by atoms with Gasteiger partial charge in [0.15, 0.2) is 0 Å². The summed E-state index contributed by atoms with van der Waals surface area (Å²) in [4.78, 5) is 27.7. The molecule has 1 N–H and O–H groups in total. The lowest BCUT2D eigenvalue weighted by atomic mass is 10.1. The number of esters is 1. The van der Waals surface area contributed by atoms with Gasteiger partial charge in [0.25, 0.3) is 5.91 Å². The summed E-state index contributed by atoms with van der Waals surface area (Å²) in [7, 11) is 1.32. The van der Waals surface area contributed by atoms with Crippen molar-refractivity contribution in [2.24, 2.45) is 0 Å². The van der Waals surface area contributed by atoms with Gasteiger partial charge in [-0.2, -0.15) is 0 Å². The minimum Gasteiger partial charge on any atom is -0.465 e. The van der Waals surface area contributed by atoms with Crippen molar-refractivity contribution in [1.82, 2.24) is 10.3 Å². The number of nitrogens with one attached hydrogen (secondary N) is 1. The Labute approximate surface area is 129 Å². The fraction of sp³-hybridized carbons (Fsp3) is 0.235. The fourth-order valence-electron chi connectivity index (χ4n) is 1.98. The Morgan fingerprint density at radius 3 is 2.55 bits per heavy atom. The lowest BCUT2D eigenvalue weighted by Crippen LogP contribution is -2.23. The van der Waals surface area contributed by atoms with Gasteiger partial charge in [0, 0.05) is 11.8 Å². The Kier molecular flexibility index (Phi) is 4.88. The standard InChI is InChI=1S/C17H18N2O3/c1-11-4-5-13(8-12(11)2)16(20)19-10-15-9-14(6-7-18-15)17(21)22-3/h4-9H,10H2,1-3H3,(H,19,20). The van der Waals surface area contributed by atoms with Crippen LogP contribution >= 0.6 is 0 Å². The maximum atomic E-state index is 12.1. The molecule has 0 atom stereocenters. The van der Waals surface area contributed by atoms with E-state index in [1.54, 1.807) is 18.2 Å². The Hall–Kier alpha value is -2.69. The van der Waals surface area contributed by atoms with Crippen LogP contribution in [0.2, 0.25) is 0 Å². The number of methoxy groups -OCH3 is 1. The van der Waals surface area contributed by atoms with Gasteiger partial charge in [-0.1, -0.05) is 6.07 Å². The van der Waals surface area contributed by atoms with E-state index >= 15 is 0 Å². The molecule has 0 spiro atoms. The maximum absolute atomic E-state index is 12.1. The van der Waals surface area contributed by atoms with Gasteiger partial charge < -0.3 is 10.1 Å². The van der Waals surface area contributed by atoms with E-state index in [4.69, 9.17) is 0 Å². The Morgan fingerprint density at radius 1 is 1.09 bits per heavy atom. The van der Waals surface area contributed by atoms with E-state index in [2.05, 4.69) is 15.0 Å². The van der Waals surface area contributed by atoms with Gasteiger partial charge in [0.05, 0.1) is 24.9 Å². The molecular weight excluding hydrogens is 280 g/mol. The second-order valence-electron chi connectivity index (χ2n) is 5.01. The van der Waals surface area contributed by atoms with Crippen LogP contribution in [-0.4, -0.2) is 24.0 Å². The molecule has 1 amide bonds. The van der Waals surface area contributed by atoms with E-state index in [1.165, 1.54) is 13.3 Å². The average molecular weight is 298 g/mol. The van der Waals surface area contributed by atoms with Crippen LogP contribution in [0.25, 0.3) is 0 Å². The minimum atomic E-state index is -0.427. The summed E-state index contributed by atoms with van der Waals surface area (Å²) in [5, 5.41) is 2.79. The quantitative estimate of drug-likeness (QED) is 0.880. The summed E-state index contributed by atoms with van der Waals surface area (Å²) in [5.41, 5.74) is 3.82. The summed E-state index contributed by atoms with van der Waals surface area (Å²) in [5.74, 6) is -0.600. The third-order valence-corrected chi connectivity index (χ3v) is 3.44. The van der Waals surface area contributed by atoms with Gasteiger partial charge in [-0.15, -0.1) is 0 Å². The van der Waals surface area contributed by atoms with Gasteiger partial charge in [0.1, 0.15) is 0 Å². The number of benzene rings is 1. The summed E-state index contributed by atoms with van der Waals surface area (Å²) >= 11 is 0. The SMILES string of the molecule is COC(=O)c1ccnc(CNC(=O)c2ccc(C)c(C)c2)c1. The van der Waals surface area contributed by atoms with Crippen LogP contribution in [0.4, 0.5) is 0 Å². The molecule has 0 unspecified atom stereocenters. The highest BCUT2D eigenvalue weighted by atomic mass is 16.5. The normalized spacial score (nSPS) is 10.1. The molecule has 0 aliphatic rings. The Morgan fingerprint density at radius 2 is 1.86 bits per heavy atom. The number of aryl methyl sites for hydroxylation is 2. The van der Waals surface area contributed by atoms with Crippen molar-refractivity contribution < 1.29 is 14.3 Å². The number of amides is 1. The molecule has 2 rings (SSSR count). The number of carbonyl (C=O) groups is 2. The van der Waals surface area contributed by atoms with Crippen LogP contribution in [0.3, 0.4) is 0 Å². The molecule has 0 saturated carbocycles. The van der Waals surface area contributed by atoms with Crippen LogP contribution in [0.15, 0.2) is 36.5 Å². The van der Waals surface area contributed by atoms with E-state index in [0.29, 0.717) is 16.8 Å². The molecule has 5 heteroatoms. The van der Waals surface area contributed by atoms with Crippen molar-refractivity contribution in [2.75, 3.05) is 7.11 Å². The summed E-state index contributed by atoms with van der Waals surface area (Å²) in [6.07, 6.45) is 1.52. The molecule has 0 fully saturated rings. The van der Waals surface area contributed by atoms with Crippen LogP contribution in [-0.2, 0) is 11.3 Å². The fourth-order valence-corrected chi connectivity index (χ4v) is 1.98. The van der Waals surface area contributed by atoms with Crippen LogP contribution < -0.4 is 5.32 Å². The lowest BCUT2D eigenvalue weighted by Gasteiger charge is -2.07. The summed E-state index contributed by atoms with van der Waals surface area (Å²) < 4.78 is 4.66. The summed E-state index contributed by atoms with van der Waals surface area (Å²) in [6.45, 7) is 4.21. The third kappa shape index (κ3) is 3.69. The van der Waals surface area contributed by atoms with Gasteiger partial charge >= 0.3 is 5.97 Å². The number of ether oxygens (including phenoxy) is 1.